The second kappa shape index (κ2) is 10.1. The van der Waals surface area contributed by atoms with Crippen LogP contribution in [0.25, 0.3) is 0 Å². The van der Waals surface area contributed by atoms with Crippen LogP contribution in [-0.4, -0.2) is 56.7 Å². The molecule has 178 valence electrons. The minimum atomic E-state index is -0.598. The fraction of sp³-hybridized carbons (Fsp3) is 0.667. The summed E-state index contributed by atoms with van der Waals surface area (Å²) in [7, 11) is 5.27. The third kappa shape index (κ3) is 5.83. The number of fused-ring (bicyclic) bond motifs is 1. The van der Waals surface area contributed by atoms with Gasteiger partial charge in [0.1, 0.15) is 12.3 Å². The molecule has 1 amide bonds. The minimum Gasteiger partial charge on any atom is -0.444 e. The Labute approximate surface area is 200 Å². The maximum atomic E-state index is 12.6. The van der Waals surface area contributed by atoms with E-state index < -0.39 is 11.7 Å². The maximum Gasteiger partial charge on any atom is 0.414 e. The lowest BCUT2D eigenvalue weighted by Gasteiger charge is -2.40. The highest BCUT2D eigenvalue weighted by Crippen LogP contribution is 2.56. The number of methoxy groups -OCH3 is 2. The number of rotatable bonds is 4. The highest BCUT2D eigenvalue weighted by atomic mass is 79.9. The van der Waals surface area contributed by atoms with Crippen LogP contribution in [0.1, 0.15) is 63.6 Å². The predicted molar refractivity (Wildman–Crippen MR) is 129 cm³/mol. The molecule has 1 saturated carbocycles. The number of nitrogens with one attached hydrogen (secondary N) is 1. The van der Waals surface area contributed by atoms with Crippen molar-refractivity contribution in [2.45, 2.75) is 70.6 Å². The highest BCUT2D eigenvalue weighted by molar-refractivity contribution is 9.10. The molecule has 0 aliphatic heterocycles. The summed E-state index contributed by atoms with van der Waals surface area (Å²) in [5.74, 6) is 0.451. The van der Waals surface area contributed by atoms with E-state index in [1.165, 1.54) is 11.1 Å². The van der Waals surface area contributed by atoms with Crippen LogP contribution in [0.2, 0.25) is 0 Å². The van der Waals surface area contributed by atoms with Gasteiger partial charge in [-0.05, 0) is 76.1 Å². The molecule has 1 atom stereocenters. The molecule has 2 aliphatic carbocycles. The number of aliphatic imine (C=N–C) groups is 1. The molecule has 3 rings (SSSR count). The number of halogens is 1. The van der Waals surface area contributed by atoms with Crippen LogP contribution in [-0.2, 0) is 20.6 Å². The number of carbonyl (C=O) groups excluding carboxylic acids is 1. The smallest absolute Gasteiger partial charge is 0.414 e. The zero-order valence-electron chi connectivity index (χ0n) is 20.0. The summed E-state index contributed by atoms with van der Waals surface area (Å²) in [4.78, 5) is 19.6. The molecule has 1 N–H and O–H groups in total. The molecule has 1 spiro atoms. The molecular formula is C24H36BrN3O4. The normalized spacial score (nSPS) is 25.5. The number of ether oxygens (including phenoxy) is 3. The molecule has 0 heterocycles. The number of hydrogen-bond donors (Lipinski definition) is 1. The third-order valence-corrected chi connectivity index (χ3v) is 6.83. The summed E-state index contributed by atoms with van der Waals surface area (Å²) < 4.78 is 17.5. The average molecular weight is 510 g/mol. The Hall–Kier alpha value is -1.64. The summed E-state index contributed by atoms with van der Waals surface area (Å²) in [6.45, 7) is 5.83. The van der Waals surface area contributed by atoms with Gasteiger partial charge in [0.2, 0.25) is 5.96 Å². The fourth-order valence-electron chi connectivity index (χ4n) is 4.84. The van der Waals surface area contributed by atoms with Crippen LogP contribution in [0, 0.1) is 5.41 Å². The summed E-state index contributed by atoms with van der Waals surface area (Å²) in [5, 5.41) is 2.87. The molecule has 0 bridgehead atoms. The van der Waals surface area contributed by atoms with Crippen molar-refractivity contribution in [1.82, 2.24) is 10.2 Å². The lowest BCUT2D eigenvalue weighted by molar-refractivity contribution is 0.0207. The average Bonchev–Trinajstić information content (AvgIpc) is 2.99. The van der Waals surface area contributed by atoms with Crippen molar-refractivity contribution in [3.05, 3.63) is 33.8 Å². The van der Waals surface area contributed by atoms with Gasteiger partial charge in [0.05, 0.1) is 12.1 Å². The van der Waals surface area contributed by atoms with Gasteiger partial charge in [0.15, 0.2) is 0 Å². The summed E-state index contributed by atoms with van der Waals surface area (Å²) in [5.41, 5.74) is 1.94. The second-order valence-corrected chi connectivity index (χ2v) is 10.8. The van der Waals surface area contributed by atoms with Crippen LogP contribution < -0.4 is 5.32 Å². The molecule has 0 radical (unpaired) electrons. The van der Waals surface area contributed by atoms with E-state index in [1.54, 1.807) is 19.1 Å². The van der Waals surface area contributed by atoms with E-state index >= 15 is 0 Å². The fourth-order valence-corrected chi connectivity index (χ4v) is 5.22. The Kier molecular flexibility index (Phi) is 7.89. The number of benzene rings is 1. The van der Waals surface area contributed by atoms with E-state index in [1.807, 2.05) is 27.8 Å². The molecule has 32 heavy (non-hydrogen) atoms. The Morgan fingerprint density at radius 1 is 1.28 bits per heavy atom. The zero-order chi connectivity index (χ0) is 23.5. The number of nitrogens with zero attached hydrogens (tertiary/aromatic N) is 2. The van der Waals surface area contributed by atoms with E-state index in [0.29, 0.717) is 18.8 Å². The van der Waals surface area contributed by atoms with Crippen molar-refractivity contribution in [1.29, 1.82) is 0 Å². The van der Waals surface area contributed by atoms with Crippen molar-refractivity contribution in [2.24, 2.45) is 10.4 Å². The maximum absolute atomic E-state index is 12.6. The Balaban J connectivity index is 1.98. The van der Waals surface area contributed by atoms with E-state index in [0.717, 1.165) is 36.6 Å². The van der Waals surface area contributed by atoms with Crippen LogP contribution in [0.5, 0.6) is 0 Å². The Morgan fingerprint density at radius 2 is 1.97 bits per heavy atom. The number of alkyl carbamates (subject to hydrolysis) is 1. The number of hydrogen-bond acceptors (Lipinski definition) is 5. The van der Waals surface area contributed by atoms with E-state index in [-0.39, 0.29) is 11.5 Å². The first kappa shape index (κ1) is 25.0. The minimum absolute atomic E-state index is 0.00688. The quantitative estimate of drug-likeness (QED) is 0.349. The van der Waals surface area contributed by atoms with Gasteiger partial charge in [-0.15, -0.1) is 0 Å². The van der Waals surface area contributed by atoms with Gasteiger partial charge in [-0.3, -0.25) is 5.32 Å². The Bertz CT molecular complexity index is 844. The Morgan fingerprint density at radius 3 is 2.56 bits per heavy atom. The van der Waals surface area contributed by atoms with E-state index in [2.05, 4.69) is 39.4 Å². The molecular weight excluding hydrogens is 474 g/mol. The van der Waals surface area contributed by atoms with Crippen molar-refractivity contribution >= 4 is 28.0 Å². The number of guanidine groups is 1. The first-order chi connectivity index (χ1) is 15.1. The molecule has 0 saturated heterocycles. The van der Waals surface area contributed by atoms with Gasteiger partial charge in [-0.25, -0.2) is 9.79 Å². The van der Waals surface area contributed by atoms with Crippen LogP contribution >= 0.6 is 15.9 Å². The SMILES string of the molecule is COCN(C)C(=NC1c2cc(Br)ccc2CC12CCC(OC)CC2)NC(=O)OC(C)(C)C. The lowest BCUT2D eigenvalue weighted by atomic mass is 9.69. The van der Waals surface area contributed by atoms with E-state index in [9.17, 15) is 4.79 Å². The number of carbonyl (C=O) groups is 1. The monoisotopic (exact) mass is 509 g/mol. The van der Waals surface area contributed by atoms with Crippen LogP contribution in [0.15, 0.2) is 27.7 Å². The van der Waals surface area contributed by atoms with Gasteiger partial charge in [0, 0.05) is 31.2 Å². The summed E-state index contributed by atoms with van der Waals surface area (Å²) in [6.07, 6.45) is 4.84. The van der Waals surface area contributed by atoms with Gasteiger partial charge in [-0.2, -0.15) is 0 Å². The molecule has 2 aliphatic rings. The van der Waals surface area contributed by atoms with Gasteiger partial charge >= 0.3 is 6.09 Å². The number of amides is 1. The first-order valence-corrected chi connectivity index (χ1v) is 12.0. The van der Waals surface area contributed by atoms with Crippen LogP contribution in [0.4, 0.5) is 4.79 Å². The van der Waals surface area contributed by atoms with Gasteiger partial charge in [-0.1, -0.05) is 22.0 Å². The van der Waals surface area contributed by atoms with Crippen LogP contribution in [0.3, 0.4) is 0 Å². The van der Waals surface area contributed by atoms with Gasteiger partial charge in [0.25, 0.3) is 0 Å². The topological polar surface area (TPSA) is 72.4 Å². The van der Waals surface area contributed by atoms with E-state index in [4.69, 9.17) is 19.2 Å². The summed E-state index contributed by atoms with van der Waals surface area (Å²) >= 11 is 3.63. The molecule has 7 nitrogen and oxygen atoms in total. The highest BCUT2D eigenvalue weighted by Gasteiger charge is 2.48. The molecule has 0 aromatic heterocycles. The molecule has 1 fully saturated rings. The first-order valence-electron chi connectivity index (χ1n) is 11.2. The molecule has 1 aromatic rings. The van der Waals surface area contributed by atoms with Gasteiger partial charge < -0.3 is 19.1 Å². The lowest BCUT2D eigenvalue weighted by Crippen LogP contribution is -2.46. The molecule has 1 aromatic carbocycles. The van der Waals surface area contributed by atoms with Crippen molar-refractivity contribution in [3.63, 3.8) is 0 Å². The van der Waals surface area contributed by atoms with Crippen molar-refractivity contribution in [2.75, 3.05) is 28.0 Å². The largest absolute Gasteiger partial charge is 0.444 e. The van der Waals surface area contributed by atoms with Crippen molar-refractivity contribution in [3.8, 4) is 0 Å². The summed E-state index contributed by atoms with van der Waals surface area (Å²) in [6, 6.07) is 6.38. The zero-order valence-corrected chi connectivity index (χ0v) is 21.6. The third-order valence-electron chi connectivity index (χ3n) is 6.34. The second-order valence-electron chi connectivity index (χ2n) is 9.92. The molecule has 1 unspecified atom stereocenters. The predicted octanol–water partition coefficient (Wildman–Crippen LogP) is 5.04. The van der Waals surface area contributed by atoms with Crippen molar-refractivity contribution < 1.29 is 19.0 Å². The molecule has 8 heteroatoms. The standard InChI is InChI=1S/C24H36BrN3O4/c1-23(2,3)32-22(29)27-21(28(4)15-30-5)26-20-19-13-17(25)8-7-16(19)14-24(20)11-9-18(31-6)10-12-24/h7-8,13,18,20H,9-12,14-15H2,1-6H3,(H,26,27,29).